The molecular weight excluding hydrogens is 386 g/mol. The third-order valence-corrected chi connectivity index (χ3v) is 6.03. The molecule has 1 fully saturated rings. The van der Waals surface area contributed by atoms with Crippen LogP contribution in [0, 0.1) is 0 Å². The molecule has 3 heterocycles. The van der Waals surface area contributed by atoms with Gasteiger partial charge in [0.1, 0.15) is 5.75 Å². The molecule has 2 aromatic heterocycles. The van der Waals surface area contributed by atoms with E-state index in [4.69, 9.17) is 9.26 Å². The third kappa shape index (κ3) is 4.85. The first-order chi connectivity index (χ1) is 14.2. The highest BCUT2D eigenvalue weighted by Crippen LogP contribution is 2.29. The van der Waals surface area contributed by atoms with Gasteiger partial charge in [0.05, 0.1) is 12.5 Å². The summed E-state index contributed by atoms with van der Waals surface area (Å²) in [4.78, 5) is 20.1. The van der Waals surface area contributed by atoms with Crippen molar-refractivity contribution < 1.29 is 14.1 Å². The van der Waals surface area contributed by atoms with Crippen molar-refractivity contribution in [3.8, 4) is 17.1 Å². The summed E-state index contributed by atoms with van der Waals surface area (Å²) < 4.78 is 11.2. The van der Waals surface area contributed by atoms with Crippen molar-refractivity contribution in [1.29, 1.82) is 0 Å². The summed E-state index contributed by atoms with van der Waals surface area (Å²) in [5, 5.41) is 6.18. The molecule has 3 aromatic rings. The average molecular weight is 412 g/mol. The number of thiophene rings is 1. The molecule has 0 bridgehead atoms. The highest BCUT2D eigenvalue weighted by Gasteiger charge is 2.34. The number of hydrogen-bond acceptors (Lipinski definition) is 6. The van der Waals surface area contributed by atoms with Crippen LogP contribution in [0.3, 0.4) is 0 Å². The Balaban J connectivity index is 1.35. The predicted octanol–water partition coefficient (Wildman–Crippen LogP) is 4.54. The van der Waals surface area contributed by atoms with Crippen molar-refractivity contribution in [2.24, 2.45) is 0 Å². The number of benzene rings is 1. The van der Waals surface area contributed by atoms with Crippen LogP contribution in [-0.4, -0.2) is 40.6 Å². The summed E-state index contributed by atoms with van der Waals surface area (Å²) in [6, 6.07) is 11.9. The minimum absolute atomic E-state index is 0.0382. The molecule has 1 aromatic carbocycles. The van der Waals surface area contributed by atoms with Crippen molar-refractivity contribution >= 4 is 17.2 Å². The van der Waals surface area contributed by atoms with E-state index in [0.717, 1.165) is 43.7 Å². The second-order valence-corrected chi connectivity index (χ2v) is 8.29. The summed E-state index contributed by atoms with van der Waals surface area (Å²) >= 11 is 1.72. The SMILES string of the molecule is CCCCOc1ccc(-c2noc(C3CC(=O)N(CCc4cccs4)C3)n2)cc1. The molecule has 29 heavy (non-hydrogen) atoms. The van der Waals surface area contributed by atoms with Crippen LogP contribution in [0.5, 0.6) is 5.75 Å². The van der Waals surface area contributed by atoms with Crippen molar-refractivity contribution in [2.75, 3.05) is 19.7 Å². The Labute approximate surface area is 174 Å². The van der Waals surface area contributed by atoms with Gasteiger partial charge >= 0.3 is 0 Å². The number of aromatic nitrogens is 2. The number of amides is 1. The van der Waals surface area contributed by atoms with E-state index in [9.17, 15) is 4.79 Å². The van der Waals surface area contributed by atoms with Crippen molar-refractivity contribution in [1.82, 2.24) is 15.0 Å². The van der Waals surface area contributed by atoms with Crippen LogP contribution in [0.4, 0.5) is 0 Å². The molecule has 152 valence electrons. The van der Waals surface area contributed by atoms with E-state index in [1.165, 1.54) is 4.88 Å². The van der Waals surface area contributed by atoms with Gasteiger partial charge in [-0.2, -0.15) is 4.98 Å². The van der Waals surface area contributed by atoms with Crippen LogP contribution in [0.2, 0.25) is 0 Å². The number of likely N-dealkylation sites (tertiary alicyclic amines) is 1. The van der Waals surface area contributed by atoms with Gasteiger partial charge in [-0.15, -0.1) is 11.3 Å². The van der Waals surface area contributed by atoms with Gasteiger partial charge < -0.3 is 14.2 Å². The molecule has 1 aliphatic rings. The number of carbonyl (C=O) groups is 1. The lowest BCUT2D eigenvalue weighted by Crippen LogP contribution is -2.27. The molecule has 0 radical (unpaired) electrons. The van der Waals surface area contributed by atoms with E-state index in [2.05, 4.69) is 28.5 Å². The van der Waals surface area contributed by atoms with Crippen LogP contribution < -0.4 is 4.74 Å². The lowest BCUT2D eigenvalue weighted by Gasteiger charge is -2.15. The maximum absolute atomic E-state index is 12.4. The van der Waals surface area contributed by atoms with E-state index in [0.29, 0.717) is 24.7 Å². The van der Waals surface area contributed by atoms with Gasteiger partial charge in [0.15, 0.2) is 0 Å². The molecule has 0 saturated carbocycles. The van der Waals surface area contributed by atoms with Crippen LogP contribution in [0.1, 0.15) is 42.9 Å². The number of hydrogen-bond donors (Lipinski definition) is 0. The van der Waals surface area contributed by atoms with E-state index >= 15 is 0 Å². The van der Waals surface area contributed by atoms with Gasteiger partial charge in [0, 0.05) is 30.0 Å². The number of nitrogens with zero attached hydrogens (tertiary/aromatic N) is 3. The zero-order valence-corrected chi connectivity index (χ0v) is 17.4. The number of rotatable bonds is 9. The number of unbranched alkanes of at least 4 members (excludes halogenated alkanes) is 1. The molecule has 1 atom stereocenters. The van der Waals surface area contributed by atoms with Crippen LogP contribution >= 0.6 is 11.3 Å². The lowest BCUT2D eigenvalue weighted by molar-refractivity contribution is -0.127. The third-order valence-electron chi connectivity index (χ3n) is 5.09. The maximum atomic E-state index is 12.4. The standard InChI is InChI=1S/C22H25N3O3S/c1-2-3-12-27-18-8-6-16(7-9-18)21-23-22(28-24-21)17-14-20(26)25(15-17)11-10-19-5-4-13-29-19/h4-9,13,17H,2-3,10-12,14-15H2,1H3. The zero-order chi connectivity index (χ0) is 20.1. The number of ether oxygens (including phenoxy) is 1. The topological polar surface area (TPSA) is 68.5 Å². The summed E-state index contributed by atoms with van der Waals surface area (Å²) in [5.41, 5.74) is 0.877. The maximum Gasteiger partial charge on any atom is 0.232 e. The van der Waals surface area contributed by atoms with Gasteiger partial charge in [0.25, 0.3) is 0 Å². The minimum Gasteiger partial charge on any atom is -0.494 e. The molecule has 1 aliphatic heterocycles. The van der Waals surface area contributed by atoms with Gasteiger partial charge in [-0.1, -0.05) is 24.6 Å². The Morgan fingerprint density at radius 3 is 2.90 bits per heavy atom. The molecule has 0 aliphatic carbocycles. The summed E-state index contributed by atoms with van der Waals surface area (Å²) in [6.45, 7) is 4.23. The first-order valence-corrected chi connectivity index (χ1v) is 11.0. The normalized spacial score (nSPS) is 16.5. The predicted molar refractivity (Wildman–Crippen MR) is 112 cm³/mol. The monoisotopic (exact) mass is 411 g/mol. The highest BCUT2D eigenvalue weighted by atomic mass is 32.1. The van der Waals surface area contributed by atoms with E-state index in [-0.39, 0.29) is 11.8 Å². The van der Waals surface area contributed by atoms with Gasteiger partial charge in [-0.25, -0.2) is 0 Å². The molecule has 1 saturated heterocycles. The van der Waals surface area contributed by atoms with E-state index in [1.54, 1.807) is 11.3 Å². The Bertz CT molecular complexity index is 921. The Morgan fingerprint density at radius 1 is 1.28 bits per heavy atom. The van der Waals surface area contributed by atoms with Gasteiger partial charge in [0.2, 0.25) is 17.6 Å². The van der Waals surface area contributed by atoms with E-state index in [1.807, 2.05) is 35.2 Å². The van der Waals surface area contributed by atoms with Gasteiger partial charge in [-0.3, -0.25) is 4.79 Å². The largest absolute Gasteiger partial charge is 0.494 e. The minimum atomic E-state index is -0.0382. The van der Waals surface area contributed by atoms with Crippen LogP contribution in [0.15, 0.2) is 46.3 Å². The zero-order valence-electron chi connectivity index (χ0n) is 16.5. The number of carbonyl (C=O) groups excluding carboxylic acids is 1. The van der Waals surface area contributed by atoms with Crippen LogP contribution in [-0.2, 0) is 11.2 Å². The Kier molecular flexibility index (Phi) is 6.24. The summed E-state index contributed by atoms with van der Waals surface area (Å²) in [6.07, 6.45) is 3.47. The fourth-order valence-corrected chi connectivity index (χ4v) is 4.10. The van der Waals surface area contributed by atoms with Gasteiger partial charge in [-0.05, 0) is 48.6 Å². The lowest BCUT2D eigenvalue weighted by atomic mass is 10.1. The summed E-state index contributed by atoms with van der Waals surface area (Å²) in [7, 11) is 0. The molecule has 1 unspecified atom stereocenters. The fourth-order valence-electron chi connectivity index (χ4n) is 3.41. The highest BCUT2D eigenvalue weighted by molar-refractivity contribution is 7.09. The van der Waals surface area contributed by atoms with Crippen molar-refractivity contribution in [3.63, 3.8) is 0 Å². The summed E-state index contributed by atoms with van der Waals surface area (Å²) in [5.74, 6) is 2.04. The second-order valence-electron chi connectivity index (χ2n) is 7.25. The van der Waals surface area contributed by atoms with Crippen LogP contribution in [0.25, 0.3) is 11.4 Å². The molecule has 0 spiro atoms. The molecule has 0 N–H and O–H groups in total. The second kappa shape index (κ2) is 9.22. The first kappa shape index (κ1) is 19.6. The average Bonchev–Trinajstić information content (AvgIpc) is 3.48. The first-order valence-electron chi connectivity index (χ1n) is 10.1. The molecule has 4 rings (SSSR count). The molecule has 1 amide bonds. The molecular formula is C22H25N3O3S. The quantitative estimate of drug-likeness (QED) is 0.484. The smallest absolute Gasteiger partial charge is 0.232 e. The van der Waals surface area contributed by atoms with Crippen molar-refractivity contribution in [2.45, 2.75) is 38.5 Å². The molecule has 6 nitrogen and oxygen atoms in total. The molecule has 7 heteroatoms. The Morgan fingerprint density at radius 2 is 2.14 bits per heavy atom. The van der Waals surface area contributed by atoms with Crippen molar-refractivity contribution in [3.05, 3.63) is 52.5 Å². The Hall–Kier alpha value is -2.67. The van der Waals surface area contributed by atoms with E-state index < -0.39 is 0 Å². The fraction of sp³-hybridized carbons (Fsp3) is 0.409.